The van der Waals surface area contributed by atoms with E-state index >= 15 is 0 Å². The van der Waals surface area contributed by atoms with Crippen molar-refractivity contribution in [1.29, 1.82) is 0 Å². The number of carbonyl (C=O) groups is 3. The number of anilines is 1. The molecular weight excluding hydrogens is 276 g/mol. The number of benzene rings is 1. The number of carbonyl (C=O) groups excluding carboxylic acids is 3. The number of imide groups is 1. The van der Waals surface area contributed by atoms with Crippen LogP contribution < -0.4 is 26.4 Å². The van der Waals surface area contributed by atoms with E-state index in [2.05, 4.69) is 16.0 Å². The van der Waals surface area contributed by atoms with Gasteiger partial charge >= 0.3 is 6.03 Å². The number of primary amides is 1. The Morgan fingerprint density at radius 3 is 2.67 bits per heavy atom. The average molecular weight is 294 g/mol. The zero-order valence-corrected chi connectivity index (χ0v) is 11.8. The lowest BCUT2D eigenvalue weighted by atomic mass is 10.2. The van der Waals surface area contributed by atoms with Crippen molar-refractivity contribution in [3.63, 3.8) is 0 Å². The molecule has 0 saturated carbocycles. The molecule has 0 aliphatic carbocycles. The topological polar surface area (TPSA) is 123 Å². The van der Waals surface area contributed by atoms with Crippen molar-refractivity contribution in [3.05, 3.63) is 24.3 Å². The van der Waals surface area contributed by atoms with Gasteiger partial charge in [-0.25, -0.2) is 4.79 Å². The van der Waals surface area contributed by atoms with Gasteiger partial charge in [-0.15, -0.1) is 0 Å². The van der Waals surface area contributed by atoms with Crippen LogP contribution in [0.5, 0.6) is 5.75 Å². The highest BCUT2D eigenvalue weighted by molar-refractivity contribution is 5.97. The lowest BCUT2D eigenvalue weighted by Crippen LogP contribution is -2.44. The van der Waals surface area contributed by atoms with Gasteiger partial charge in [0.2, 0.25) is 5.91 Å². The summed E-state index contributed by atoms with van der Waals surface area (Å²) in [5.74, 6) is -0.609. The molecule has 0 spiro atoms. The van der Waals surface area contributed by atoms with Crippen molar-refractivity contribution in [2.75, 3.05) is 19.0 Å². The van der Waals surface area contributed by atoms with E-state index in [1.807, 2.05) is 0 Å². The largest absolute Gasteiger partial charge is 0.484 e. The van der Waals surface area contributed by atoms with Gasteiger partial charge in [-0.1, -0.05) is 6.07 Å². The summed E-state index contributed by atoms with van der Waals surface area (Å²) in [6.45, 7) is 1.38. The molecule has 0 saturated heterocycles. The number of nitrogens with one attached hydrogen (secondary N) is 3. The van der Waals surface area contributed by atoms with Crippen LogP contribution in [0.3, 0.4) is 0 Å². The molecule has 0 bridgehead atoms. The predicted molar refractivity (Wildman–Crippen MR) is 76.8 cm³/mol. The Labute approximate surface area is 122 Å². The first-order valence-electron chi connectivity index (χ1n) is 6.22. The Hall–Kier alpha value is -2.77. The van der Waals surface area contributed by atoms with Crippen LogP contribution in [0.15, 0.2) is 24.3 Å². The summed E-state index contributed by atoms with van der Waals surface area (Å²) in [4.78, 5) is 33.4. The minimum absolute atomic E-state index is 0.226. The molecule has 1 rings (SSSR count). The van der Waals surface area contributed by atoms with E-state index in [1.54, 1.807) is 31.2 Å². The van der Waals surface area contributed by atoms with Crippen LogP contribution in [0.25, 0.3) is 0 Å². The lowest BCUT2D eigenvalue weighted by molar-refractivity contribution is -0.121. The molecule has 0 unspecified atom stereocenters. The summed E-state index contributed by atoms with van der Waals surface area (Å²) in [5, 5.41) is 7.36. The Morgan fingerprint density at radius 1 is 1.33 bits per heavy atom. The van der Waals surface area contributed by atoms with E-state index in [0.29, 0.717) is 11.4 Å². The minimum Gasteiger partial charge on any atom is -0.484 e. The summed E-state index contributed by atoms with van der Waals surface area (Å²) in [6, 6.07) is 5.49. The van der Waals surface area contributed by atoms with Gasteiger partial charge in [0.1, 0.15) is 11.8 Å². The quantitative estimate of drug-likeness (QED) is 0.579. The first kappa shape index (κ1) is 16.3. The van der Waals surface area contributed by atoms with Gasteiger partial charge in [0.05, 0.1) is 0 Å². The number of hydrogen-bond donors (Lipinski definition) is 4. The van der Waals surface area contributed by atoms with Crippen molar-refractivity contribution in [2.24, 2.45) is 5.73 Å². The fourth-order valence-corrected chi connectivity index (χ4v) is 1.43. The summed E-state index contributed by atoms with van der Waals surface area (Å²) in [7, 11) is 1.42. The maximum absolute atomic E-state index is 11.7. The Morgan fingerprint density at radius 2 is 2.05 bits per heavy atom. The van der Waals surface area contributed by atoms with Gasteiger partial charge in [-0.05, 0) is 19.1 Å². The predicted octanol–water partition coefficient (Wildman–Crippen LogP) is -0.193. The third kappa shape index (κ3) is 5.81. The van der Waals surface area contributed by atoms with Crippen LogP contribution in [0.1, 0.15) is 6.92 Å². The van der Waals surface area contributed by atoms with E-state index in [1.165, 1.54) is 7.05 Å². The second kappa shape index (κ2) is 7.73. The van der Waals surface area contributed by atoms with Crippen LogP contribution in [0.4, 0.5) is 10.5 Å². The second-order valence-electron chi connectivity index (χ2n) is 4.22. The third-order valence-electron chi connectivity index (χ3n) is 2.46. The van der Waals surface area contributed by atoms with Gasteiger partial charge in [-0.3, -0.25) is 14.9 Å². The minimum atomic E-state index is -0.631. The van der Waals surface area contributed by atoms with E-state index in [-0.39, 0.29) is 6.61 Å². The SMILES string of the molecule is CNC(=O)NC(=O)[C@@H](C)Nc1cccc(OCC(N)=O)c1. The van der Waals surface area contributed by atoms with Gasteiger partial charge in [0.15, 0.2) is 6.61 Å². The van der Waals surface area contributed by atoms with Gasteiger partial charge in [-0.2, -0.15) is 0 Å². The summed E-state index contributed by atoms with van der Waals surface area (Å²) in [5.41, 5.74) is 5.60. The summed E-state index contributed by atoms with van der Waals surface area (Å²) in [6.07, 6.45) is 0. The standard InChI is InChI=1S/C13H18N4O4/c1-8(12(19)17-13(20)15-2)16-9-4-3-5-10(6-9)21-7-11(14)18/h3-6,8,16H,7H2,1-2H3,(H2,14,18)(H2,15,17,19,20)/t8-/m1/s1. The number of hydrogen-bond acceptors (Lipinski definition) is 5. The molecule has 0 radical (unpaired) electrons. The number of nitrogens with two attached hydrogens (primary N) is 1. The fourth-order valence-electron chi connectivity index (χ4n) is 1.43. The highest BCUT2D eigenvalue weighted by Gasteiger charge is 2.15. The summed E-state index contributed by atoms with van der Waals surface area (Å²) < 4.78 is 5.15. The molecule has 0 aromatic heterocycles. The molecule has 21 heavy (non-hydrogen) atoms. The van der Waals surface area contributed by atoms with Crippen LogP contribution in [-0.2, 0) is 9.59 Å². The van der Waals surface area contributed by atoms with Gasteiger partial charge < -0.3 is 21.1 Å². The average Bonchev–Trinajstić information content (AvgIpc) is 2.45. The molecule has 114 valence electrons. The van der Waals surface area contributed by atoms with E-state index in [0.717, 1.165) is 0 Å². The Bertz CT molecular complexity index is 533. The van der Waals surface area contributed by atoms with Crippen molar-refractivity contribution in [3.8, 4) is 5.75 Å². The molecule has 0 fully saturated rings. The molecular formula is C13H18N4O4. The first-order chi connectivity index (χ1) is 9.92. The third-order valence-corrected chi connectivity index (χ3v) is 2.46. The zero-order chi connectivity index (χ0) is 15.8. The van der Waals surface area contributed by atoms with Crippen molar-refractivity contribution in [1.82, 2.24) is 10.6 Å². The normalized spacial score (nSPS) is 11.1. The van der Waals surface area contributed by atoms with Crippen molar-refractivity contribution >= 4 is 23.5 Å². The number of rotatable bonds is 6. The van der Waals surface area contributed by atoms with Crippen LogP contribution in [0.2, 0.25) is 0 Å². The number of urea groups is 1. The first-order valence-corrected chi connectivity index (χ1v) is 6.22. The number of ether oxygens (including phenoxy) is 1. The Kier molecular flexibility index (Phi) is 5.99. The van der Waals surface area contributed by atoms with E-state index in [9.17, 15) is 14.4 Å². The summed E-state index contributed by atoms with van der Waals surface area (Å²) >= 11 is 0. The highest BCUT2D eigenvalue weighted by Crippen LogP contribution is 2.17. The molecule has 1 aromatic rings. The molecule has 8 nitrogen and oxygen atoms in total. The molecule has 1 atom stereocenters. The maximum atomic E-state index is 11.7. The molecule has 0 aliphatic rings. The van der Waals surface area contributed by atoms with Crippen LogP contribution in [0, 0.1) is 0 Å². The van der Waals surface area contributed by atoms with Crippen LogP contribution >= 0.6 is 0 Å². The monoisotopic (exact) mass is 294 g/mol. The van der Waals surface area contributed by atoms with Crippen molar-refractivity contribution in [2.45, 2.75) is 13.0 Å². The number of amides is 4. The van der Waals surface area contributed by atoms with Crippen LogP contribution in [-0.4, -0.2) is 37.5 Å². The molecule has 1 aromatic carbocycles. The lowest BCUT2D eigenvalue weighted by Gasteiger charge is -2.15. The molecule has 4 amide bonds. The van der Waals surface area contributed by atoms with Gasteiger partial charge in [0.25, 0.3) is 5.91 Å². The highest BCUT2D eigenvalue weighted by atomic mass is 16.5. The maximum Gasteiger partial charge on any atom is 0.321 e. The fraction of sp³-hybridized carbons (Fsp3) is 0.308. The van der Waals surface area contributed by atoms with Crippen molar-refractivity contribution < 1.29 is 19.1 Å². The molecule has 0 heterocycles. The van der Waals surface area contributed by atoms with E-state index < -0.39 is 23.9 Å². The molecule has 5 N–H and O–H groups in total. The van der Waals surface area contributed by atoms with Gasteiger partial charge in [0, 0.05) is 18.8 Å². The smallest absolute Gasteiger partial charge is 0.321 e. The second-order valence-corrected chi connectivity index (χ2v) is 4.22. The molecule has 8 heteroatoms. The Balaban J connectivity index is 2.61. The molecule has 0 aliphatic heterocycles. The zero-order valence-electron chi connectivity index (χ0n) is 11.8. The van der Waals surface area contributed by atoms with E-state index in [4.69, 9.17) is 10.5 Å².